The van der Waals surface area contributed by atoms with E-state index < -0.39 is 10.0 Å². The maximum Gasteiger partial charge on any atom is 0.261 e. The van der Waals surface area contributed by atoms with Crippen LogP contribution in [0.2, 0.25) is 0 Å². The quantitative estimate of drug-likeness (QED) is 0.905. The summed E-state index contributed by atoms with van der Waals surface area (Å²) < 4.78 is 33.0. The number of aryl methyl sites for hydroxylation is 1. The van der Waals surface area contributed by atoms with Crippen LogP contribution in [0.5, 0.6) is 5.75 Å². The van der Waals surface area contributed by atoms with Crippen molar-refractivity contribution < 1.29 is 13.2 Å². The van der Waals surface area contributed by atoms with E-state index in [1.54, 1.807) is 42.5 Å². The van der Waals surface area contributed by atoms with Crippen molar-refractivity contribution in [3.63, 3.8) is 0 Å². The molecule has 0 aromatic heterocycles. The molecule has 3 N–H and O–H groups in total. The number of hydrogen-bond acceptors (Lipinski definition) is 4. The van der Waals surface area contributed by atoms with Gasteiger partial charge in [-0.3, -0.25) is 4.72 Å². The molecule has 3 rings (SSSR count). The number of hydrogen-bond donors (Lipinski definition) is 2. The average molecular weight is 318 g/mol. The first-order chi connectivity index (χ1) is 10.6. The Morgan fingerprint density at radius 1 is 1.18 bits per heavy atom. The van der Waals surface area contributed by atoms with Crippen LogP contribution < -0.4 is 15.2 Å². The number of nitrogens with two attached hydrogens (primary N) is 1. The first kappa shape index (κ1) is 14.9. The molecule has 0 bridgehead atoms. The Bertz CT molecular complexity index is 760. The zero-order valence-corrected chi connectivity index (χ0v) is 12.8. The summed E-state index contributed by atoms with van der Waals surface area (Å²) in [4.78, 5) is 0.243. The van der Waals surface area contributed by atoms with Gasteiger partial charge >= 0.3 is 0 Å². The smallest absolute Gasteiger partial charge is 0.261 e. The highest BCUT2D eigenvalue weighted by Crippen LogP contribution is 2.30. The molecule has 116 valence electrons. The van der Waals surface area contributed by atoms with Crippen LogP contribution in [0.25, 0.3) is 0 Å². The molecular weight excluding hydrogens is 300 g/mol. The Hall–Kier alpha value is -2.05. The van der Waals surface area contributed by atoms with Gasteiger partial charge in [0.05, 0.1) is 4.90 Å². The lowest BCUT2D eigenvalue weighted by Gasteiger charge is -2.25. The van der Waals surface area contributed by atoms with Crippen LogP contribution in [-0.4, -0.2) is 21.1 Å². The van der Waals surface area contributed by atoms with E-state index in [9.17, 15) is 8.42 Å². The second-order valence-corrected chi connectivity index (χ2v) is 6.94. The topological polar surface area (TPSA) is 81.4 Å². The molecule has 2 aromatic rings. The van der Waals surface area contributed by atoms with Gasteiger partial charge in [-0.2, -0.15) is 0 Å². The van der Waals surface area contributed by atoms with E-state index in [-0.39, 0.29) is 11.0 Å². The molecule has 5 nitrogen and oxygen atoms in total. The van der Waals surface area contributed by atoms with Crippen LogP contribution >= 0.6 is 0 Å². The third-order valence-electron chi connectivity index (χ3n) is 3.66. The fraction of sp³-hybridized carbons (Fsp3) is 0.250. The highest BCUT2D eigenvalue weighted by atomic mass is 32.2. The van der Waals surface area contributed by atoms with E-state index in [1.165, 1.54) is 0 Å². The van der Waals surface area contributed by atoms with E-state index in [1.807, 2.05) is 6.07 Å². The summed E-state index contributed by atoms with van der Waals surface area (Å²) >= 11 is 0. The molecule has 1 aliphatic rings. The van der Waals surface area contributed by atoms with Gasteiger partial charge in [-0.15, -0.1) is 0 Å². The molecule has 1 aliphatic heterocycles. The average Bonchev–Trinajstić information content (AvgIpc) is 2.55. The van der Waals surface area contributed by atoms with Crippen molar-refractivity contribution in [1.82, 2.24) is 0 Å². The molecule has 0 saturated heterocycles. The Balaban J connectivity index is 1.83. The van der Waals surface area contributed by atoms with Gasteiger partial charge in [0.1, 0.15) is 11.9 Å². The molecule has 0 radical (unpaired) electrons. The summed E-state index contributed by atoms with van der Waals surface area (Å²) in [6.45, 7) is 0.488. The van der Waals surface area contributed by atoms with Crippen LogP contribution in [0, 0.1) is 0 Å². The van der Waals surface area contributed by atoms with Gasteiger partial charge in [0.25, 0.3) is 10.0 Å². The summed E-state index contributed by atoms with van der Waals surface area (Å²) in [5.41, 5.74) is 7.16. The Labute approximate surface area is 130 Å². The molecule has 1 unspecified atom stereocenters. The lowest BCUT2D eigenvalue weighted by atomic mass is 10.0. The molecule has 0 amide bonds. The van der Waals surface area contributed by atoms with Crippen LogP contribution in [-0.2, 0) is 16.4 Å². The normalized spacial score (nSPS) is 17.4. The fourth-order valence-corrected chi connectivity index (χ4v) is 3.56. The summed E-state index contributed by atoms with van der Waals surface area (Å²) in [6, 6.07) is 13.6. The lowest BCUT2D eigenvalue weighted by molar-refractivity contribution is 0.181. The van der Waals surface area contributed by atoms with Gasteiger partial charge in [-0.1, -0.05) is 18.2 Å². The van der Waals surface area contributed by atoms with Crippen molar-refractivity contribution in [1.29, 1.82) is 0 Å². The largest absolute Gasteiger partial charge is 0.489 e. The Morgan fingerprint density at radius 2 is 1.95 bits per heavy atom. The second kappa shape index (κ2) is 5.98. The van der Waals surface area contributed by atoms with E-state index >= 15 is 0 Å². The standard InChI is InChI=1S/C16H18N2O3S/c17-11-14-8-6-12-10-13(7-9-16(12)21-14)18-22(19,20)15-4-2-1-3-5-15/h1-5,7,9-10,14,18H,6,8,11,17H2. The van der Waals surface area contributed by atoms with Gasteiger partial charge in [-0.25, -0.2) is 8.42 Å². The minimum atomic E-state index is -3.57. The van der Waals surface area contributed by atoms with Crippen LogP contribution in [0.15, 0.2) is 53.4 Å². The molecule has 22 heavy (non-hydrogen) atoms. The van der Waals surface area contributed by atoms with E-state index in [0.717, 1.165) is 24.2 Å². The zero-order valence-electron chi connectivity index (χ0n) is 12.0. The SMILES string of the molecule is NCC1CCc2cc(NS(=O)(=O)c3ccccc3)ccc2O1. The van der Waals surface area contributed by atoms with Gasteiger partial charge in [-0.05, 0) is 48.7 Å². The summed E-state index contributed by atoms with van der Waals surface area (Å²) in [5.74, 6) is 0.782. The second-order valence-electron chi connectivity index (χ2n) is 5.26. The first-order valence-electron chi connectivity index (χ1n) is 7.16. The third kappa shape index (κ3) is 3.08. The Morgan fingerprint density at radius 3 is 2.68 bits per heavy atom. The first-order valence-corrected chi connectivity index (χ1v) is 8.64. The van der Waals surface area contributed by atoms with Crippen molar-refractivity contribution in [2.75, 3.05) is 11.3 Å². The fourth-order valence-electron chi connectivity index (χ4n) is 2.49. The molecule has 0 spiro atoms. The predicted molar refractivity (Wildman–Crippen MR) is 85.5 cm³/mol. The van der Waals surface area contributed by atoms with Crippen molar-refractivity contribution >= 4 is 15.7 Å². The molecular formula is C16H18N2O3S. The number of nitrogens with one attached hydrogen (secondary N) is 1. The summed E-state index contributed by atoms with van der Waals surface area (Å²) in [6.07, 6.45) is 1.72. The van der Waals surface area contributed by atoms with Crippen LogP contribution in [0.4, 0.5) is 5.69 Å². The van der Waals surface area contributed by atoms with E-state index in [0.29, 0.717) is 12.2 Å². The molecule has 0 fully saturated rings. The molecule has 6 heteroatoms. The predicted octanol–water partition coefficient (Wildman–Crippen LogP) is 2.14. The van der Waals surface area contributed by atoms with Gasteiger partial charge < -0.3 is 10.5 Å². The minimum Gasteiger partial charge on any atom is -0.489 e. The van der Waals surface area contributed by atoms with Crippen molar-refractivity contribution in [2.45, 2.75) is 23.8 Å². The number of anilines is 1. The van der Waals surface area contributed by atoms with E-state index in [2.05, 4.69) is 4.72 Å². The van der Waals surface area contributed by atoms with Gasteiger partial charge in [0, 0.05) is 12.2 Å². The number of rotatable bonds is 4. The molecule has 1 atom stereocenters. The molecule has 2 aromatic carbocycles. The minimum absolute atomic E-state index is 0.0411. The lowest BCUT2D eigenvalue weighted by Crippen LogP contribution is -2.30. The maximum atomic E-state index is 12.3. The van der Waals surface area contributed by atoms with Crippen molar-refractivity contribution in [3.05, 3.63) is 54.1 Å². The highest BCUT2D eigenvalue weighted by Gasteiger charge is 2.20. The van der Waals surface area contributed by atoms with Crippen molar-refractivity contribution in [3.8, 4) is 5.75 Å². The van der Waals surface area contributed by atoms with Crippen LogP contribution in [0.3, 0.4) is 0 Å². The summed E-state index contributed by atoms with van der Waals surface area (Å²) in [5, 5.41) is 0. The van der Waals surface area contributed by atoms with Crippen molar-refractivity contribution in [2.24, 2.45) is 5.73 Å². The molecule has 0 saturated carbocycles. The Kier molecular flexibility index (Phi) is 4.04. The van der Waals surface area contributed by atoms with Crippen LogP contribution in [0.1, 0.15) is 12.0 Å². The van der Waals surface area contributed by atoms with Gasteiger partial charge in [0.15, 0.2) is 0 Å². The van der Waals surface area contributed by atoms with Gasteiger partial charge in [0.2, 0.25) is 0 Å². The monoisotopic (exact) mass is 318 g/mol. The number of fused-ring (bicyclic) bond motifs is 1. The molecule has 1 heterocycles. The third-order valence-corrected chi connectivity index (χ3v) is 5.06. The number of sulfonamides is 1. The zero-order chi connectivity index (χ0) is 15.6. The molecule has 0 aliphatic carbocycles. The number of ether oxygens (including phenoxy) is 1. The summed E-state index contributed by atoms with van der Waals surface area (Å²) in [7, 11) is -3.57. The number of benzene rings is 2. The highest BCUT2D eigenvalue weighted by molar-refractivity contribution is 7.92. The van der Waals surface area contributed by atoms with E-state index in [4.69, 9.17) is 10.5 Å². The maximum absolute atomic E-state index is 12.3.